The molecule has 4 heterocycles. The zero-order chi connectivity index (χ0) is 32.6. The number of nitrogens with zero attached hydrogens (tertiary/aromatic N) is 6. The predicted octanol–water partition coefficient (Wildman–Crippen LogP) is 4.45. The summed E-state index contributed by atoms with van der Waals surface area (Å²) in [6.07, 6.45) is 3.52. The molecule has 2 fully saturated rings. The van der Waals surface area contributed by atoms with E-state index >= 15 is 4.39 Å². The number of hydrogen-bond donors (Lipinski definition) is 2. The second-order valence-corrected chi connectivity index (χ2v) is 12.5. The first-order valence-corrected chi connectivity index (χ1v) is 15.3. The summed E-state index contributed by atoms with van der Waals surface area (Å²) in [5.74, 6) is -1.17. The van der Waals surface area contributed by atoms with Gasteiger partial charge < -0.3 is 25.6 Å². The lowest BCUT2D eigenvalue weighted by molar-refractivity contribution is -0.136. The third-order valence-corrected chi connectivity index (χ3v) is 8.16. The van der Waals surface area contributed by atoms with E-state index in [0.29, 0.717) is 55.7 Å². The maximum Gasteiger partial charge on any atom is 0.410 e. The Morgan fingerprint density at radius 1 is 1.02 bits per heavy atom. The number of rotatable bonds is 6. The third kappa shape index (κ3) is 6.30. The topological polar surface area (TPSA) is 139 Å². The molecule has 0 spiro atoms. The van der Waals surface area contributed by atoms with Crippen LogP contribution in [-0.4, -0.2) is 86.6 Å². The van der Waals surface area contributed by atoms with Crippen LogP contribution in [0, 0.1) is 5.82 Å². The Kier molecular flexibility index (Phi) is 8.24. The van der Waals surface area contributed by atoms with Gasteiger partial charge in [0.15, 0.2) is 11.6 Å². The lowest BCUT2D eigenvalue weighted by Gasteiger charge is -2.38. The van der Waals surface area contributed by atoms with Crippen LogP contribution in [0.1, 0.15) is 44.0 Å². The minimum Gasteiger partial charge on any atom is -0.444 e. The van der Waals surface area contributed by atoms with Crippen LogP contribution in [0.4, 0.5) is 26.5 Å². The number of carbonyl (C=O) groups is 3. The van der Waals surface area contributed by atoms with Crippen LogP contribution in [0.2, 0.25) is 0 Å². The Balaban J connectivity index is 1.13. The highest BCUT2D eigenvalue weighted by molar-refractivity contribution is 6.06. The van der Waals surface area contributed by atoms with Gasteiger partial charge in [-0.05, 0) is 57.9 Å². The Morgan fingerprint density at radius 3 is 2.52 bits per heavy atom. The summed E-state index contributed by atoms with van der Waals surface area (Å²) in [4.78, 5) is 52.3. The van der Waals surface area contributed by atoms with Crippen LogP contribution >= 0.6 is 0 Å². The van der Waals surface area contributed by atoms with Gasteiger partial charge in [-0.2, -0.15) is 4.98 Å². The van der Waals surface area contributed by atoms with Crippen molar-refractivity contribution in [3.63, 3.8) is 0 Å². The highest BCUT2D eigenvalue weighted by Gasteiger charge is 2.39. The molecule has 2 saturated heterocycles. The normalized spacial score (nSPS) is 17.0. The summed E-state index contributed by atoms with van der Waals surface area (Å²) in [7, 11) is 0. The van der Waals surface area contributed by atoms with Gasteiger partial charge >= 0.3 is 6.09 Å². The molecule has 2 aromatic heterocycles. The average molecular weight is 629 g/mol. The molecule has 4 aromatic rings. The molecule has 13 heteroatoms. The van der Waals surface area contributed by atoms with Crippen molar-refractivity contribution in [1.29, 1.82) is 0 Å². The molecular weight excluding hydrogens is 591 g/mol. The number of hydrogen-bond acceptors (Lipinski definition) is 8. The molecule has 0 bridgehead atoms. The highest BCUT2D eigenvalue weighted by Crippen LogP contribution is 2.28. The quantitative estimate of drug-likeness (QED) is 0.319. The molecule has 46 heavy (non-hydrogen) atoms. The van der Waals surface area contributed by atoms with Crippen LogP contribution in [0.15, 0.2) is 60.9 Å². The van der Waals surface area contributed by atoms with Crippen molar-refractivity contribution < 1.29 is 23.5 Å². The lowest BCUT2D eigenvalue weighted by atomic mass is 10.1. The van der Waals surface area contributed by atoms with E-state index in [4.69, 9.17) is 10.5 Å². The number of nitrogens with one attached hydrogen (secondary N) is 1. The Hall–Kier alpha value is -5.20. The molecule has 12 nitrogen and oxygen atoms in total. The molecule has 6 rings (SSSR count). The second-order valence-electron chi connectivity index (χ2n) is 12.5. The second kappa shape index (κ2) is 12.3. The number of ether oxygens (including phenoxy) is 1. The largest absolute Gasteiger partial charge is 0.444 e. The molecule has 3 N–H and O–H groups in total. The number of fused-ring (bicyclic) bond motifs is 1. The fourth-order valence-corrected chi connectivity index (χ4v) is 6.01. The molecular formula is C33H37FN8O4. The van der Waals surface area contributed by atoms with E-state index in [-0.39, 0.29) is 23.2 Å². The van der Waals surface area contributed by atoms with Crippen molar-refractivity contribution >= 4 is 46.1 Å². The first kappa shape index (κ1) is 30.8. The fourth-order valence-electron chi connectivity index (χ4n) is 6.01. The van der Waals surface area contributed by atoms with Gasteiger partial charge in [-0.25, -0.2) is 14.2 Å². The standard InChI is InChI=1S/C33H37FN8O4/c1-33(2,3)46-32(45)41-13-7-12-27(41)30(44)40-16-14-39(15-17-40)22-9-6-8-21(18-22)37-31-36-19-25(34)29(38-31)42-20-24(28(35)43)23-10-4-5-11-26(23)42/h4-6,8-11,18-20,27H,7,12-17H2,1-3H3,(H2,35,43)(H,36,37,38). The summed E-state index contributed by atoms with van der Waals surface area (Å²) in [6, 6.07) is 14.3. The molecule has 1 unspecified atom stereocenters. The number of aromatic nitrogens is 3. The van der Waals surface area contributed by atoms with Crippen LogP contribution < -0.4 is 16.0 Å². The van der Waals surface area contributed by atoms with Crippen LogP contribution in [-0.2, 0) is 9.53 Å². The molecule has 1 atom stereocenters. The van der Waals surface area contributed by atoms with E-state index in [1.165, 1.54) is 10.8 Å². The molecule has 0 radical (unpaired) electrons. The van der Waals surface area contributed by atoms with Gasteiger partial charge in [0.1, 0.15) is 11.6 Å². The number of piperazine rings is 1. The van der Waals surface area contributed by atoms with E-state index in [2.05, 4.69) is 20.2 Å². The summed E-state index contributed by atoms with van der Waals surface area (Å²) in [6.45, 7) is 8.26. The van der Waals surface area contributed by atoms with Gasteiger partial charge in [-0.1, -0.05) is 24.3 Å². The Morgan fingerprint density at radius 2 is 1.78 bits per heavy atom. The molecule has 240 valence electrons. The summed E-state index contributed by atoms with van der Waals surface area (Å²) < 4.78 is 22.0. The van der Waals surface area contributed by atoms with E-state index in [1.807, 2.05) is 49.9 Å². The van der Waals surface area contributed by atoms with E-state index in [1.54, 1.807) is 29.2 Å². The van der Waals surface area contributed by atoms with Crippen molar-refractivity contribution in [1.82, 2.24) is 24.3 Å². The smallest absolute Gasteiger partial charge is 0.410 e. The first-order chi connectivity index (χ1) is 22.0. The maximum atomic E-state index is 15.0. The predicted molar refractivity (Wildman–Crippen MR) is 172 cm³/mol. The molecule has 3 amide bonds. The molecule has 2 aliphatic rings. The van der Waals surface area contributed by atoms with Gasteiger partial charge in [-0.3, -0.25) is 19.1 Å². The van der Waals surface area contributed by atoms with Gasteiger partial charge in [0.25, 0.3) is 5.91 Å². The Labute approximate surface area is 265 Å². The van der Waals surface area contributed by atoms with Gasteiger partial charge in [0.05, 0.1) is 17.3 Å². The van der Waals surface area contributed by atoms with Crippen molar-refractivity contribution in [2.24, 2.45) is 5.73 Å². The first-order valence-electron chi connectivity index (χ1n) is 15.3. The number of anilines is 3. The molecule has 0 aliphatic carbocycles. The number of amides is 3. The molecule has 2 aromatic carbocycles. The number of primary amides is 1. The zero-order valence-corrected chi connectivity index (χ0v) is 26.1. The minimum atomic E-state index is -0.657. The van der Waals surface area contributed by atoms with Crippen LogP contribution in [0.25, 0.3) is 16.7 Å². The number of para-hydroxylation sites is 1. The SMILES string of the molecule is CC(C)(C)OC(=O)N1CCCC1C(=O)N1CCN(c2cccc(Nc3ncc(F)c(-n4cc(C(N)=O)c5ccccc54)n3)c2)CC1. The lowest BCUT2D eigenvalue weighted by Crippen LogP contribution is -2.54. The number of nitrogens with two attached hydrogens (primary N) is 1. The summed E-state index contributed by atoms with van der Waals surface area (Å²) in [5, 5.41) is 3.76. The fraction of sp³-hybridized carbons (Fsp3) is 0.364. The maximum absolute atomic E-state index is 15.0. The summed E-state index contributed by atoms with van der Waals surface area (Å²) >= 11 is 0. The van der Waals surface area contributed by atoms with Crippen molar-refractivity contribution in [2.75, 3.05) is 42.9 Å². The van der Waals surface area contributed by atoms with Crippen molar-refractivity contribution in [3.05, 3.63) is 72.3 Å². The van der Waals surface area contributed by atoms with Gasteiger partial charge in [0.2, 0.25) is 11.9 Å². The average Bonchev–Trinajstić information content (AvgIpc) is 3.67. The monoisotopic (exact) mass is 628 g/mol. The van der Waals surface area contributed by atoms with Crippen LogP contribution in [0.5, 0.6) is 0 Å². The van der Waals surface area contributed by atoms with E-state index in [9.17, 15) is 14.4 Å². The summed E-state index contributed by atoms with van der Waals surface area (Å²) in [5.41, 5.74) is 7.44. The van der Waals surface area contributed by atoms with E-state index in [0.717, 1.165) is 18.3 Å². The van der Waals surface area contributed by atoms with Crippen LogP contribution in [0.3, 0.4) is 0 Å². The van der Waals surface area contributed by atoms with Crippen molar-refractivity contribution in [2.45, 2.75) is 45.3 Å². The van der Waals surface area contributed by atoms with Crippen molar-refractivity contribution in [3.8, 4) is 5.82 Å². The molecule has 2 aliphatic heterocycles. The van der Waals surface area contributed by atoms with E-state index < -0.39 is 29.5 Å². The number of halogens is 1. The third-order valence-electron chi connectivity index (χ3n) is 8.16. The van der Waals surface area contributed by atoms with Gasteiger partial charge in [-0.15, -0.1) is 0 Å². The minimum absolute atomic E-state index is 0.0226. The number of carbonyl (C=O) groups excluding carboxylic acids is 3. The highest BCUT2D eigenvalue weighted by atomic mass is 19.1. The van der Waals surface area contributed by atoms with Gasteiger partial charge in [0, 0.05) is 55.7 Å². The Bertz CT molecular complexity index is 1790. The number of benzene rings is 2. The zero-order valence-electron chi connectivity index (χ0n) is 26.1. The molecule has 0 saturated carbocycles. The number of likely N-dealkylation sites (tertiary alicyclic amines) is 1.